The second-order valence-electron chi connectivity index (χ2n) is 6.16. The van der Waals surface area contributed by atoms with Crippen molar-refractivity contribution >= 4 is 29.2 Å². The van der Waals surface area contributed by atoms with Crippen molar-refractivity contribution in [2.75, 3.05) is 31.3 Å². The number of anilines is 1. The fraction of sp³-hybridized carbons (Fsp3) is 0.444. The fourth-order valence-electron chi connectivity index (χ4n) is 3.15. The number of benzene rings is 1. The topological polar surface area (TPSA) is 32.3 Å². The second kappa shape index (κ2) is 8.19. The standard InChI is InChI=1S/C18H23ClN4S/c1-22(13-14-3-5-15(19)6-4-14)16-8-11-23(12-9-16)17-7-10-20-18(21-17)24-2/h3-7,10,16H,8-9,11-13H2,1-2H3. The molecule has 1 aromatic carbocycles. The van der Waals surface area contributed by atoms with Gasteiger partial charge < -0.3 is 4.90 Å². The van der Waals surface area contributed by atoms with Gasteiger partial charge in [-0.15, -0.1) is 0 Å². The van der Waals surface area contributed by atoms with Crippen LogP contribution in [-0.4, -0.2) is 47.3 Å². The molecule has 0 saturated carbocycles. The third-order valence-corrected chi connectivity index (χ3v) is 5.37. The smallest absolute Gasteiger partial charge is 0.189 e. The van der Waals surface area contributed by atoms with Crippen molar-refractivity contribution in [2.45, 2.75) is 30.6 Å². The predicted molar refractivity (Wildman–Crippen MR) is 102 cm³/mol. The number of hydrogen-bond donors (Lipinski definition) is 0. The molecule has 0 aliphatic carbocycles. The summed E-state index contributed by atoms with van der Waals surface area (Å²) in [6, 6.07) is 10.8. The normalized spacial score (nSPS) is 15.9. The van der Waals surface area contributed by atoms with Crippen LogP contribution >= 0.6 is 23.4 Å². The first-order valence-corrected chi connectivity index (χ1v) is 9.82. The van der Waals surface area contributed by atoms with Crippen molar-refractivity contribution in [3.63, 3.8) is 0 Å². The minimum Gasteiger partial charge on any atom is -0.356 e. The van der Waals surface area contributed by atoms with Crippen LogP contribution in [0.4, 0.5) is 5.82 Å². The quantitative estimate of drug-likeness (QED) is 0.594. The average molecular weight is 363 g/mol. The van der Waals surface area contributed by atoms with E-state index in [0.29, 0.717) is 6.04 Å². The molecule has 1 aromatic heterocycles. The Morgan fingerprint density at radius 2 is 1.92 bits per heavy atom. The molecule has 0 radical (unpaired) electrons. The van der Waals surface area contributed by atoms with E-state index in [-0.39, 0.29) is 0 Å². The maximum absolute atomic E-state index is 5.96. The van der Waals surface area contributed by atoms with E-state index in [9.17, 15) is 0 Å². The van der Waals surface area contributed by atoms with Gasteiger partial charge in [0, 0.05) is 36.9 Å². The Morgan fingerprint density at radius 3 is 2.58 bits per heavy atom. The van der Waals surface area contributed by atoms with E-state index < -0.39 is 0 Å². The first kappa shape index (κ1) is 17.5. The van der Waals surface area contributed by atoms with E-state index in [4.69, 9.17) is 11.6 Å². The largest absolute Gasteiger partial charge is 0.356 e. The zero-order valence-corrected chi connectivity index (χ0v) is 15.7. The Kier molecular flexibility index (Phi) is 5.98. The van der Waals surface area contributed by atoms with Gasteiger partial charge in [0.1, 0.15) is 5.82 Å². The Bertz CT molecular complexity index is 656. The maximum atomic E-state index is 5.96. The van der Waals surface area contributed by atoms with Crippen LogP contribution < -0.4 is 4.90 Å². The summed E-state index contributed by atoms with van der Waals surface area (Å²) in [5, 5.41) is 1.64. The molecule has 6 heteroatoms. The van der Waals surface area contributed by atoms with Gasteiger partial charge in [-0.25, -0.2) is 9.97 Å². The molecule has 128 valence electrons. The van der Waals surface area contributed by atoms with Gasteiger partial charge in [0.2, 0.25) is 0 Å². The average Bonchev–Trinajstić information content (AvgIpc) is 2.64. The predicted octanol–water partition coefficient (Wildman–Crippen LogP) is 3.95. The molecule has 0 amide bonds. The molecule has 24 heavy (non-hydrogen) atoms. The summed E-state index contributed by atoms with van der Waals surface area (Å²) >= 11 is 7.55. The van der Waals surface area contributed by atoms with Crippen LogP contribution in [0.15, 0.2) is 41.7 Å². The monoisotopic (exact) mass is 362 g/mol. The number of thioether (sulfide) groups is 1. The van der Waals surface area contributed by atoms with Crippen molar-refractivity contribution < 1.29 is 0 Å². The Balaban J connectivity index is 1.55. The van der Waals surface area contributed by atoms with E-state index in [1.807, 2.05) is 30.7 Å². The highest BCUT2D eigenvalue weighted by molar-refractivity contribution is 7.98. The molecular weight excluding hydrogens is 340 g/mol. The number of piperidine rings is 1. The molecule has 1 aliphatic heterocycles. The Morgan fingerprint density at radius 1 is 1.21 bits per heavy atom. The van der Waals surface area contributed by atoms with Crippen LogP contribution in [0.2, 0.25) is 5.02 Å². The van der Waals surface area contributed by atoms with Gasteiger partial charge in [0.05, 0.1) is 0 Å². The van der Waals surface area contributed by atoms with Gasteiger partial charge in [0.25, 0.3) is 0 Å². The van der Waals surface area contributed by atoms with Crippen molar-refractivity contribution in [1.82, 2.24) is 14.9 Å². The van der Waals surface area contributed by atoms with Crippen molar-refractivity contribution in [3.05, 3.63) is 47.1 Å². The number of aromatic nitrogens is 2. The van der Waals surface area contributed by atoms with Gasteiger partial charge >= 0.3 is 0 Å². The highest BCUT2D eigenvalue weighted by Crippen LogP contribution is 2.23. The Hall–Kier alpha value is -1.30. The fourth-order valence-corrected chi connectivity index (χ4v) is 3.63. The molecule has 1 aliphatic rings. The minimum atomic E-state index is 0.610. The summed E-state index contributed by atoms with van der Waals surface area (Å²) in [6.45, 7) is 3.05. The molecule has 0 spiro atoms. The summed E-state index contributed by atoms with van der Waals surface area (Å²) in [5.41, 5.74) is 1.31. The minimum absolute atomic E-state index is 0.610. The number of rotatable bonds is 5. The highest BCUT2D eigenvalue weighted by atomic mass is 35.5. The van der Waals surface area contributed by atoms with Gasteiger partial charge in [-0.1, -0.05) is 35.5 Å². The summed E-state index contributed by atoms with van der Waals surface area (Å²) in [4.78, 5) is 13.7. The molecule has 0 unspecified atom stereocenters. The van der Waals surface area contributed by atoms with Gasteiger partial charge in [-0.2, -0.15) is 0 Å². The zero-order chi connectivity index (χ0) is 16.9. The van der Waals surface area contributed by atoms with E-state index in [1.165, 1.54) is 5.56 Å². The number of halogens is 1. The van der Waals surface area contributed by atoms with E-state index >= 15 is 0 Å². The lowest BCUT2D eigenvalue weighted by Crippen LogP contribution is -2.43. The van der Waals surface area contributed by atoms with Crippen molar-refractivity contribution in [2.24, 2.45) is 0 Å². The van der Waals surface area contributed by atoms with Gasteiger partial charge in [-0.05, 0) is 49.9 Å². The number of nitrogens with zero attached hydrogens (tertiary/aromatic N) is 4. The zero-order valence-electron chi connectivity index (χ0n) is 14.2. The summed E-state index contributed by atoms with van der Waals surface area (Å²) in [6.07, 6.45) is 6.18. The molecule has 0 atom stereocenters. The summed E-state index contributed by atoms with van der Waals surface area (Å²) in [5.74, 6) is 1.05. The number of hydrogen-bond acceptors (Lipinski definition) is 5. The lowest BCUT2D eigenvalue weighted by Gasteiger charge is -2.37. The summed E-state index contributed by atoms with van der Waals surface area (Å²) in [7, 11) is 2.21. The van der Waals surface area contributed by atoms with Gasteiger partial charge in [-0.3, -0.25) is 4.90 Å². The Labute approximate surface area is 153 Å². The molecular formula is C18H23ClN4S. The van der Waals surface area contributed by atoms with E-state index in [0.717, 1.165) is 48.5 Å². The van der Waals surface area contributed by atoms with Crippen LogP contribution in [-0.2, 0) is 6.54 Å². The molecule has 0 N–H and O–H groups in total. The molecule has 3 rings (SSSR count). The van der Waals surface area contributed by atoms with E-state index in [1.54, 1.807) is 11.8 Å². The molecule has 0 bridgehead atoms. The molecule has 1 fully saturated rings. The van der Waals surface area contributed by atoms with E-state index in [2.05, 4.69) is 38.9 Å². The first-order chi connectivity index (χ1) is 11.7. The highest BCUT2D eigenvalue weighted by Gasteiger charge is 2.23. The second-order valence-corrected chi connectivity index (χ2v) is 7.37. The lowest BCUT2D eigenvalue weighted by atomic mass is 10.0. The summed E-state index contributed by atoms with van der Waals surface area (Å²) < 4.78 is 0. The van der Waals surface area contributed by atoms with Crippen molar-refractivity contribution in [1.29, 1.82) is 0 Å². The van der Waals surface area contributed by atoms with Crippen LogP contribution in [0, 0.1) is 0 Å². The molecule has 2 heterocycles. The molecule has 2 aromatic rings. The SMILES string of the molecule is CSc1nccc(N2CCC(N(C)Cc3ccc(Cl)cc3)CC2)n1. The molecule has 1 saturated heterocycles. The van der Waals surface area contributed by atoms with Crippen LogP contribution in [0.1, 0.15) is 18.4 Å². The lowest BCUT2D eigenvalue weighted by molar-refractivity contribution is 0.200. The van der Waals surface area contributed by atoms with Gasteiger partial charge in [0.15, 0.2) is 5.16 Å². The first-order valence-electron chi connectivity index (χ1n) is 8.22. The van der Waals surface area contributed by atoms with Crippen LogP contribution in [0.5, 0.6) is 0 Å². The maximum Gasteiger partial charge on any atom is 0.189 e. The van der Waals surface area contributed by atoms with Crippen LogP contribution in [0.25, 0.3) is 0 Å². The molecule has 4 nitrogen and oxygen atoms in total. The third kappa shape index (κ3) is 4.41. The van der Waals surface area contributed by atoms with Crippen molar-refractivity contribution in [3.8, 4) is 0 Å². The third-order valence-electron chi connectivity index (χ3n) is 4.56. The van der Waals surface area contributed by atoms with Crippen LogP contribution in [0.3, 0.4) is 0 Å².